The van der Waals surface area contributed by atoms with E-state index in [1.165, 1.54) is 0 Å². The summed E-state index contributed by atoms with van der Waals surface area (Å²) in [6.45, 7) is 2.58. The van der Waals surface area contributed by atoms with Crippen LogP contribution in [0.2, 0.25) is 0 Å². The molecule has 7 heteroatoms. The van der Waals surface area contributed by atoms with Crippen LogP contribution in [0.3, 0.4) is 0 Å². The van der Waals surface area contributed by atoms with Crippen molar-refractivity contribution in [2.75, 3.05) is 19.8 Å². The van der Waals surface area contributed by atoms with Crippen LogP contribution in [0.5, 0.6) is 5.75 Å². The van der Waals surface area contributed by atoms with Gasteiger partial charge in [-0.15, -0.1) is 0 Å². The van der Waals surface area contributed by atoms with Crippen molar-refractivity contribution in [1.82, 2.24) is 0 Å². The molecule has 0 aromatic heterocycles. The number of aliphatic hydroxyl groups excluding tert-OH is 1. The van der Waals surface area contributed by atoms with Crippen LogP contribution in [0.4, 0.5) is 0 Å². The van der Waals surface area contributed by atoms with E-state index in [-0.39, 0.29) is 16.1 Å². The lowest BCUT2D eigenvalue weighted by Gasteiger charge is -2.21. The molecule has 5 nitrogen and oxygen atoms in total. The summed E-state index contributed by atoms with van der Waals surface area (Å²) in [5.74, 6) is 0.581. The van der Waals surface area contributed by atoms with Gasteiger partial charge in [-0.05, 0) is 18.6 Å². The van der Waals surface area contributed by atoms with Gasteiger partial charge in [0.05, 0.1) is 16.1 Å². The molecule has 0 saturated carbocycles. The highest BCUT2D eigenvalue weighted by atomic mass is 127. The maximum Gasteiger partial charge on any atom is 0.495 e. The van der Waals surface area contributed by atoms with Gasteiger partial charge in [-0.3, -0.25) is 0 Å². The Morgan fingerprint density at radius 3 is 2.95 bits per heavy atom. The normalized spacial score (nSPS) is 21.1. The molecule has 1 aliphatic heterocycles. The number of hydrogen-bond acceptors (Lipinski definition) is 5. The first-order valence-electron chi connectivity index (χ1n) is 6.07. The maximum absolute atomic E-state index is 9.94. The molecule has 4 N–H and O–H groups in total. The molecule has 1 heterocycles. The largest absolute Gasteiger partial charge is 0.495 e. The molecule has 104 valence electrons. The van der Waals surface area contributed by atoms with E-state index in [0.29, 0.717) is 24.4 Å². The lowest BCUT2D eigenvalue weighted by Crippen LogP contribution is -2.34. The third kappa shape index (κ3) is 3.22. The van der Waals surface area contributed by atoms with Crippen molar-refractivity contribution in [3.8, 4) is 5.75 Å². The van der Waals surface area contributed by atoms with Gasteiger partial charge in [0.2, 0.25) is 0 Å². The fourth-order valence-electron chi connectivity index (χ4n) is 1.99. The molecule has 2 unspecified atom stereocenters. The standard InChI is InChI=1S/C12H17BINO4/c1-12(14,6-16)7-18-9-4-2-3-8-10(5-15)19-13(17)11(8)9/h2-4,10,16-17H,5-7,15H2,1H3. The molecular weight excluding hydrogens is 360 g/mol. The third-order valence-corrected chi connectivity index (χ3v) is 3.71. The number of halogens is 1. The van der Waals surface area contributed by atoms with Crippen molar-refractivity contribution in [2.24, 2.45) is 5.73 Å². The zero-order valence-electron chi connectivity index (χ0n) is 10.7. The number of aliphatic hydroxyl groups is 1. The average molecular weight is 377 g/mol. The highest BCUT2D eigenvalue weighted by molar-refractivity contribution is 14.1. The number of ether oxygens (including phenoxy) is 1. The van der Waals surface area contributed by atoms with Gasteiger partial charge in [0.25, 0.3) is 0 Å². The SMILES string of the molecule is CC(I)(CO)COc1cccc2c1B(O)OC2CN. The van der Waals surface area contributed by atoms with Crippen LogP contribution < -0.4 is 15.9 Å². The third-order valence-electron chi connectivity index (χ3n) is 3.06. The van der Waals surface area contributed by atoms with Crippen LogP contribution in [-0.2, 0) is 4.65 Å². The summed E-state index contributed by atoms with van der Waals surface area (Å²) in [7, 11) is -1.01. The van der Waals surface area contributed by atoms with Crippen LogP contribution in [0.1, 0.15) is 18.6 Å². The molecule has 0 aliphatic carbocycles. The van der Waals surface area contributed by atoms with Gasteiger partial charge in [0.1, 0.15) is 12.4 Å². The number of alkyl halides is 1. The minimum absolute atomic E-state index is 0.0209. The van der Waals surface area contributed by atoms with Crippen molar-refractivity contribution in [2.45, 2.75) is 16.4 Å². The molecule has 1 aliphatic rings. The van der Waals surface area contributed by atoms with Crippen molar-refractivity contribution in [1.29, 1.82) is 0 Å². The quantitative estimate of drug-likeness (QED) is 0.382. The predicted molar refractivity (Wildman–Crippen MR) is 81.9 cm³/mol. The first-order chi connectivity index (χ1) is 8.98. The molecule has 0 radical (unpaired) electrons. The Labute approximate surface area is 126 Å². The molecule has 0 amide bonds. The zero-order valence-corrected chi connectivity index (χ0v) is 12.8. The molecule has 0 bridgehead atoms. The minimum Gasteiger partial charge on any atom is -0.492 e. The second-order valence-electron chi connectivity index (χ2n) is 4.83. The molecule has 1 aromatic carbocycles. The lowest BCUT2D eigenvalue weighted by molar-refractivity contribution is 0.197. The fraction of sp³-hybridized carbons (Fsp3) is 0.500. The van der Waals surface area contributed by atoms with Crippen molar-refractivity contribution < 1.29 is 19.5 Å². The predicted octanol–water partition coefficient (Wildman–Crippen LogP) is -0.0311. The van der Waals surface area contributed by atoms with E-state index in [1.807, 2.05) is 19.1 Å². The van der Waals surface area contributed by atoms with Gasteiger partial charge in [-0.25, -0.2) is 0 Å². The Balaban J connectivity index is 2.22. The van der Waals surface area contributed by atoms with Crippen molar-refractivity contribution in [3.63, 3.8) is 0 Å². The second-order valence-corrected chi connectivity index (χ2v) is 7.44. The van der Waals surface area contributed by atoms with Crippen LogP contribution in [-0.4, -0.2) is 40.4 Å². The Morgan fingerprint density at radius 2 is 2.32 bits per heavy atom. The topological polar surface area (TPSA) is 84.9 Å². The van der Waals surface area contributed by atoms with Crippen LogP contribution in [0.15, 0.2) is 18.2 Å². The van der Waals surface area contributed by atoms with Gasteiger partial charge in [-0.1, -0.05) is 34.7 Å². The smallest absolute Gasteiger partial charge is 0.492 e. The lowest BCUT2D eigenvalue weighted by atomic mass is 9.78. The van der Waals surface area contributed by atoms with E-state index in [2.05, 4.69) is 22.6 Å². The molecule has 0 spiro atoms. The van der Waals surface area contributed by atoms with E-state index in [0.717, 1.165) is 5.56 Å². The van der Waals surface area contributed by atoms with Crippen LogP contribution in [0.25, 0.3) is 0 Å². The van der Waals surface area contributed by atoms with E-state index in [4.69, 9.17) is 15.1 Å². The first-order valence-corrected chi connectivity index (χ1v) is 7.15. The summed E-state index contributed by atoms with van der Waals surface area (Å²) in [5.41, 5.74) is 7.12. The Bertz CT molecular complexity index is 457. The highest BCUT2D eigenvalue weighted by Crippen LogP contribution is 2.27. The van der Waals surface area contributed by atoms with Gasteiger partial charge in [0.15, 0.2) is 0 Å². The Hall–Kier alpha value is -0.345. The van der Waals surface area contributed by atoms with Gasteiger partial charge in [0, 0.05) is 12.0 Å². The summed E-state index contributed by atoms with van der Waals surface area (Å²) in [6, 6.07) is 5.52. The maximum atomic E-state index is 9.94. The number of benzene rings is 1. The van der Waals surface area contributed by atoms with Gasteiger partial charge in [-0.2, -0.15) is 0 Å². The van der Waals surface area contributed by atoms with E-state index in [9.17, 15) is 10.1 Å². The average Bonchev–Trinajstić information content (AvgIpc) is 2.74. The summed E-state index contributed by atoms with van der Waals surface area (Å²) >= 11 is 2.14. The molecule has 2 atom stereocenters. The van der Waals surface area contributed by atoms with Crippen LogP contribution >= 0.6 is 22.6 Å². The monoisotopic (exact) mass is 377 g/mol. The van der Waals surface area contributed by atoms with E-state index in [1.54, 1.807) is 6.07 Å². The summed E-state index contributed by atoms with van der Waals surface area (Å²) in [4.78, 5) is 0. The fourth-order valence-corrected chi connectivity index (χ4v) is 2.14. The Morgan fingerprint density at radius 1 is 1.58 bits per heavy atom. The van der Waals surface area contributed by atoms with Gasteiger partial charge >= 0.3 is 7.12 Å². The summed E-state index contributed by atoms with van der Waals surface area (Å²) < 4.78 is 10.7. The highest BCUT2D eigenvalue weighted by Gasteiger charge is 2.37. The van der Waals surface area contributed by atoms with Gasteiger partial charge < -0.3 is 25.3 Å². The van der Waals surface area contributed by atoms with E-state index < -0.39 is 7.12 Å². The van der Waals surface area contributed by atoms with Crippen molar-refractivity contribution in [3.05, 3.63) is 23.8 Å². The first kappa shape index (κ1) is 15.1. The molecule has 2 rings (SSSR count). The minimum atomic E-state index is -1.01. The molecule has 1 aromatic rings. The molecule has 0 saturated heterocycles. The molecule has 0 fully saturated rings. The number of fused-ring (bicyclic) bond motifs is 1. The number of nitrogens with two attached hydrogens (primary N) is 1. The summed E-state index contributed by atoms with van der Waals surface area (Å²) in [6.07, 6.45) is -0.294. The summed E-state index contributed by atoms with van der Waals surface area (Å²) in [5, 5.41) is 19.2. The van der Waals surface area contributed by atoms with E-state index >= 15 is 0 Å². The van der Waals surface area contributed by atoms with Crippen molar-refractivity contribution >= 4 is 35.2 Å². The molecule has 19 heavy (non-hydrogen) atoms. The zero-order chi connectivity index (χ0) is 14.0. The molecular formula is C12H17BINO4. The number of hydrogen-bond donors (Lipinski definition) is 3. The number of rotatable bonds is 5. The van der Waals surface area contributed by atoms with Crippen LogP contribution in [0, 0.1) is 0 Å². The Kier molecular flexibility index (Phi) is 4.72. The second kappa shape index (κ2) is 5.96.